The number of methoxy groups -OCH3 is 1. The number of nitrogens with zero attached hydrogens (tertiary/aromatic N) is 3. The van der Waals surface area contributed by atoms with Gasteiger partial charge in [-0.2, -0.15) is 0 Å². The summed E-state index contributed by atoms with van der Waals surface area (Å²) in [7, 11) is 1.44. The molecule has 8 heteroatoms. The molecule has 106 valence electrons. The standard InChI is InChI=1S/C12H13N3O5/c1-12(2)19-9(16)8(10(17)20-12)6-13-7-4-14-11(18-3)15-5-7/h4-6,8H,1-3H3/b13-6+. The van der Waals surface area contributed by atoms with Crippen molar-refractivity contribution in [1.29, 1.82) is 0 Å². The van der Waals surface area contributed by atoms with Crippen molar-refractivity contribution >= 4 is 23.8 Å². The van der Waals surface area contributed by atoms with E-state index in [1.54, 1.807) is 0 Å². The average Bonchev–Trinajstić information content (AvgIpc) is 2.37. The van der Waals surface area contributed by atoms with Crippen molar-refractivity contribution in [3.8, 4) is 6.01 Å². The predicted octanol–water partition coefficient (Wildman–Crippen LogP) is 0.640. The Morgan fingerprint density at radius 1 is 1.25 bits per heavy atom. The molecule has 0 unspecified atom stereocenters. The van der Waals surface area contributed by atoms with Crippen LogP contribution in [-0.4, -0.2) is 41.0 Å². The van der Waals surface area contributed by atoms with Crippen molar-refractivity contribution in [2.45, 2.75) is 19.6 Å². The highest BCUT2D eigenvalue weighted by molar-refractivity contribution is 6.10. The summed E-state index contributed by atoms with van der Waals surface area (Å²) < 4.78 is 14.7. The number of aromatic nitrogens is 2. The summed E-state index contributed by atoms with van der Waals surface area (Å²) in [4.78, 5) is 35.0. The minimum Gasteiger partial charge on any atom is -0.467 e. The number of hydrogen-bond acceptors (Lipinski definition) is 8. The Labute approximate surface area is 114 Å². The fraction of sp³-hybridized carbons (Fsp3) is 0.417. The fourth-order valence-corrected chi connectivity index (χ4v) is 1.49. The molecule has 20 heavy (non-hydrogen) atoms. The van der Waals surface area contributed by atoms with E-state index in [9.17, 15) is 9.59 Å². The first kappa shape index (κ1) is 13.9. The largest absolute Gasteiger partial charge is 0.467 e. The summed E-state index contributed by atoms with van der Waals surface area (Å²) in [6.07, 6.45) is 3.93. The second-order valence-corrected chi connectivity index (χ2v) is 4.43. The van der Waals surface area contributed by atoms with Gasteiger partial charge in [-0.05, 0) is 0 Å². The fourth-order valence-electron chi connectivity index (χ4n) is 1.49. The number of aliphatic imine (C=N–C) groups is 1. The summed E-state index contributed by atoms with van der Waals surface area (Å²) in [5, 5.41) is 0. The van der Waals surface area contributed by atoms with E-state index < -0.39 is 23.6 Å². The van der Waals surface area contributed by atoms with Crippen LogP contribution in [0, 0.1) is 5.92 Å². The number of carbonyl (C=O) groups is 2. The summed E-state index contributed by atoms with van der Waals surface area (Å²) >= 11 is 0. The molecule has 1 fully saturated rings. The van der Waals surface area contributed by atoms with Gasteiger partial charge in [-0.15, -0.1) is 0 Å². The maximum atomic E-state index is 11.7. The molecule has 0 aliphatic carbocycles. The van der Waals surface area contributed by atoms with Crippen molar-refractivity contribution in [2.75, 3.05) is 7.11 Å². The third-order valence-electron chi connectivity index (χ3n) is 2.37. The van der Waals surface area contributed by atoms with Crippen LogP contribution in [0.2, 0.25) is 0 Å². The van der Waals surface area contributed by atoms with E-state index in [0.717, 1.165) is 6.21 Å². The van der Waals surface area contributed by atoms with Crippen LogP contribution in [0.25, 0.3) is 0 Å². The molecule has 2 heterocycles. The van der Waals surface area contributed by atoms with Crippen LogP contribution >= 0.6 is 0 Å². The van der Waals surface area contributed by atoms with E-state index in [2.05, 4.69) is 15.0 Å². The van der Waals surface area contributed by atoms with Crippen LogP contribution in [0.4, 0.5) is 5.69 Å². The van der Waals surface area contributed by atoms with Crippen LogP contribution < -0.4 is 4.74 Å². The number of ether oxygens (including phenoxy) is 3. The molecule has 1 saturated heterocycles. The Morgan fingerprint density at radius 2 is 1.80 bits per heavy atom. The smallest absolute Gasteiger partial charge is 0.329 e. The third kappa shape index (κ3) is 3.08. The SMILES string of the molecule is COc1ncc(/N=C/C2C(=O)OC(C)(C)OC2=O)cn1. The van der Waals surface area contributed by atoms with E-state index in [0.29, 0.717) is 5.69 Å². The lowest BCUT2D eigenvalue weighted by atomic mass is 10.1. The van der Waals surface area contributed by atoms with Crippen LogP contribution in [-0.2, 0) is 19.1 Å². The number of hydrogen-bond donors (Lipinski definition) is 0. The van der Waals surface area contributed by atoms with Gasteiger partial charge in [0.15, 0.2) is 5.92 Å². The molecule has 2 rings (SSSR count). The van der Waals surface area contributed by atoms with Gasteiger partial charge in [0.2, 0.25) is 0 Å². The van der Waals surface area contributed by atoms with E-state index in [1.807, 2.05) is 0 Å². The lowest BCUT2D eigenvalue weighted by Gasteiger charge is -2.31. The Kier molecular flexibility index (Phi) is 3.64. The summed E-state index contributed by atoms with van der Waals surface area (Å²) in [5.41, 5.74) is 0.372. The van der Waals surface area contributed by atoms with E-state index in [1.165, 1.54) is 33.4 Å². The lowest BCUT2D eigenvalue weighted by Crippen LogP contribution is -2.46. The monoisotopic (exact) mass is 279 g/mol. The molecule has 0 radical (unpaired) electrons. The number of cyclic esters (lactones) is 2. The molecular formula is C12H13N3O5. The topological polar surface area (TPSA) is 100.0 Å². The maximum absolute atomic E-state index is 11.7. The van der Waals surface area contributed by atoms with Gasteiger partial charge in [-0.25, -0.2) is 9.97 Å². The Balaban J connectivity index is 2.10. The highest BCUT2D eigenvalue weighted by atomic mass is 16.7. The Hall–Kier alpha value is -2.51. The molecule has 0 aromatic carbocycles. The zero-order valence-corrected chi connectivity index (χ0v) is 11.2. The third-order valence-corrected chi connectivity index (χ3v) is 2.37. The van der Waals surface area contributed by atoms with Crippen molar-refractivity contribution in [1.82, 2.24) is 9.97 Å². The highest BCUT2D eigenvalue weighted by Crippen LogP contribution is 2.22. The van der Waals surface area contributed by atoms with Crippen molar-refractivity contribution in [3.05, 3.63) is 12.4 Å². The zero-order valence-electron chi connectivity index (χ0n) is 11.2. The molecule has 0 N–H and O–H groups in total. The van der Waals surface area contributed by atoms with Crippen LogP contribution in [0.15, 0.2) is 17.4 Å². The maximum Gasteiger partial charge on any atom is 0.329 e. The average molecular weight is 279 g/mol. The zero-order chi connectivity index (χ0) is 14.8. The predicted molar refractivity (Wildman–Crippen MR) is 66.5 cm³/mol. The molecule has 0 bridgehead atoms. The summed E-state index contributed by atoms with van der Waals surface area (Å²) in [6.45, 7) is 2.96. The van der Waals surface area contributed by atoms with Gasteiger partial charge in [0, 0.05) is 20.1 Å². The summed E-state index contributed by atoms with van der Waals surface area (Å²) in [6, 6.07) is 0.196. The van der Waals surface area contributed by atoms with Crippen LogP contribution in [0.1, 0.15) is 13.8 Å². The van der Waals surface area contributed by atoms with Gasteiger partial charge in [0.05, 0.1) is 25.2 Å². The summed E-state index contributed by atoms with van der Waals surface area (Å²) in [5.74, 6) is -3.85. The van der Waals surface area contributed by atoms with Gasteiger partial charge >= 0.3 is 17.9 Å². The molecule has 1 aromatic rings. The first-order chi connectivity index (χ1) is 9.41. The quantitative estimate of drug-likeness (QED) is 0.454. The van der Waals surface area contributed by atoms with Crippen LogP contribution in [0.3, 0.4) is 0 Å². The van der Waals surface area contributed by atoms with Crippen LogP contribution in [0.5, 0.6) is 6.01 Å². The van der Waals surface area contributed by atoms with Crippen molar-refractivity contribution < 1.29 is 23.8 Å². The van der Waals surface area contributed by atoms with E-state index >= 15 is 0 Å². The minimum absolute atomic E-state index is 0.196. The van der Waals surface area contributed by atoms with Gasteiger partial charge in [-0.3, -0.25) is 14.6 Å². The molecule has 1 aliphatic rings. The molecular weight excluding hydrogens is 266 g/mol. The van der Waals surface area contributed by atoms with Gasteiger partial charge in [-0.1, -0.05) is 0 Å². The second kappa shape index (κ2) is 5.24. The molecule has 1 aromatic heterocycles. The second-order valence-electron chi connectivity index (χ2n) is 4.43. The van der Waals surface area contributed by atoms with Crippen molar-refractivity contribution in [3.63, 3.8) is 0 Å². The van der Waals surface area contributed by atoms with E-state index in [-0.39, 0.29) is 6.01 Å². The normalized spacial score (nSPS) is 18.8. The van der Waals surface area contributed by atoms with E-state index in [4.69, 9.17) is 14.2 Å². The first-order valence-corrected chi connectivity index (χ1v) is 5.77. The number of esters is 2. The van der Waals surface area contributed by atoms with Gasteiger partial charge in [0.25, 0.3) is 5.79 Å². The lowest BCUT2D eigenvalue weighted by molar-refractivity contribution is -0.235. The molecule has 1 aliphatic heterocycles. The van der Waals surface area contributed by atoms with Crippen molar-refractivity contribution in [2.24, 2.45) is 10.9 Å². The molecule has 0 saturated carbocycles. The molecule has 0 amide bonds. The Morgan fingerprint density at radius 3 is 2.30 bits per heavy atom. The number of rotatable bonds is 3. The highest BCUT2D eigenvalue weighted by Gasteiger charge is 2.42. The molecule has 8 nitrogen and oxygen atoms in total. The van der Waals surface area contributed by atoms with Gasteiger partial charge in [0.1, 0.15) is 0 Å². The minimum atomic E-state index is -1.25. The molecule has 0 spiro atoms. The first-order valence-electron chi connectivity index (χ1n) is 5.77. The number of carbonyl (C=O) groups excluding carboxylic acids is 2. The molecule has 0 atom stereocenters. The van der Waals surface area contributed by atoms with Gasteiger partial charge < -0.3 is 14.2 Å². The Bertz CT molecular complexity index is 533.